The van der Waals surface area contributed by atoms with Crippen LogP contribution in [0, 0.1) is 34.9 Å². The van der Waals surface area contributed by atoms with E-state index >= 15 is 0 Å². The number of nitrogens with one attached hydrogen (secondary N) is 1. The highest BCUT2D eigenvalue weighted by atomic mass is 19.1. The molecule has 6 heteroatoms. The summed E-state index contributed by atoms with van der Waals surface area (Å²) in [5.41, 5.74) is 2.42. The fourth-order valence-corrected chi connectivity index (χ4v) is 9.32. The largest absolute Gasteiger partial charge is 0.392 e. The second-order valence-corrected chi connectivity index (χ2v) is 12.8. The first-order valence-corrected chi connectivity index (χ1v) is 14.3. The van der Waals surface area contributed by atoms with Crippen molar-refractivity contribution in [2.75, 3.05) is 0 Å². The van der Waals surface area contributed by atoms with Gasteiger partial charge < -0.3 is 15.0 Å². The molecular weight excluding hydrogens is 453 g/mol. The summed E-state index contributed by atoms with van der Waals surface area (Å²) in [6.45, 7) is 0. The van der Waals surface area contributed by atoms with Crippen LogP contribution >= 0.6 is 0 Å². The van der Waals surface area contributed by atoms with E-state index in [0.717, 1.165) is 30.5 Å². The summed E-state index contributed by atoms with van der Waals surface area (Å²) >= 11 is 0. The molecule has 4 bridgehead atoms. The zero-order valence-electron chi connectivity index (χ0n) is 21.0. The second-order valence-electron chi connectivity index (χ2n) is 12.8. The Morgan fingerprint density at radius 3 is 2.72 bits per heavy atom. The fraction of sp³-hybridized carbons (Fsp3) is 0.667. The lowest BCUT2D eigenvalue weighted by atomic mass is 9.46. The molecule has 2 heterocycles. The number of hydrogen-bond acceptors (Lipinski definition) is 3. The molecule has 1 aromatic carbocycles. The monoisotopic (exact) mass is 491 g/mol. The molecule has 5 saturated carbocycles. The van der Waals surface area contributed by atoms with Crippen LogP contribution in [0.25, 0.3) is 11.3 Å². The Kier molecular flexibility index (Phi) is 5.53. The number of aliphatic hydroxyl groups is 1. The summed E-state index contributed by atoms with van der Waals surface area (Å²) in [5, 5.41) is 15.3. The van der Waals surface area contributed by atoms with E-state index in [1.54, 1.807) is 18.6 Å². The van der Waals surface area contributed by atoms with E-state index in [9.17, 15) is 14.3 Å². The van der Waals surface area contributed by atoms with Crippen molar-refractivity contribution >= 4 is 5.91 Å². The Hall–Kier alpha value is -2.21. The van der Waals surface area contributed by atoms with Gasteiger partial charge in [0.1, 0.15) is 5.82 Å². The Bertz CT molecular complexity index is 1140. The van der Waals surface area contributed by atoms with Crippen molar-refractivity contribution in [1.82, 2.24) is 14.9 Å². The Labute approximate surface area is 212 Å². The third-order valence-corrected chi connectivity index (χ3v) is 10.7. The number of rotatable bonds is 6. The standard InChI is InChI=1S/C30H38FN3O2/c31-23-8-4-7-22-25-16-32-17-34(25)24(28(22)23)12-26(35)30-13-19-9-20(14-30)29(21(10-19)15-30)33-27(36)11-18-5-2-1-3-6-18/h4,7-8,16-21,24,26,29,35H,1-3,5-6,9-15H2,(H,33,36). The zero-order valence-corrected chi connectivity index (χ0v) is 21.0. The van der Waals surface area contributed by atoms with Gasteiger partial charge in [-0.2, -0.15) is 0 Å². The van der Waals surface area contributed by atoms with Crippen LogP contribution in [0.3, 0.4) is 0 Å². The number of halogens is 1. The van der Waals surface area contributed by atoms with Crippen molar-refractivity contribution < 1.29 is 14.3 Å². The molecule has 8 rings (SSSR count). The molecule has 2 N–H and O–H groups in total. The molecule has 5 aliphatic carbocycles. The molecule has 192 valence electrons. The number of fused-ring (bicyclic) bond motifs is 3. The summed E-state index contributed by atoms with van der Waals surface area (Å²) in [6.07, 6.45) is 15.9. The number of carbonyl (C=O) groups excluding carboxylic acids is 1. The number of carbonyl (C=O) groups is 1. The average Bonchev–Trinajstić information content (AvgIpc) is 3.45. The van der Waals surface area contributed by atoms with Gasteiger partial charge in [0.2, 0.25) is 5.91 Å². The quantitative estimate of drug-likeness (QED) is 0.551. The van der Waals surface area contributed by atoms with E-state index in [1.807, 2.05) is 10.6 Å². The normalized spacial score (nSPS) is 35.4. The molecular formula is C30H38FN3O2. The number of nitrogens with zero attached hydrogens (tertiary/aromatic N) is 2. The van der Waals surface area contributed by atoms with Gasteiger partial charge in [0, 0.05) is 23.6 Å². The van der Waals surface area contributed by atoms with Crippen molar-refractivity contribution in [2.45, 2.75) is 95.2 Å². The van der Waals surface area contributed by atoms with Gasteiger partial charge in [-0.1, -0.05) is 31.4 Å². The molecule has 6 aliphatic rings. The van der Waals surface area contributed by atoms with Crippen LogP contribution < -0.4 is 5.32 Å². The molecule has 1 aliphatic heterocycles. The Morgan fingerprint density at radius 2 is 1.94 bits per heavy atom. The van der Waals surface area contributed by atoms with Crippen LogP contribution in [0.4, 0.5) is 4.39 Å². The van der Waals surface area contributed by atoms with Crippen LogP contribution in [0.1, 0.15) is 88.7 Å². The lowest BCUT2D eigenvalue weighted by Crippen LogP contribution is -2.62. The van der Waals surface area contributed by atoms with Crippen LogP contribution in [-0.4, -0.2) is 32.7 Å². The van der Waals surface area contributed by atoms with Crippen LogP contribution in [0.2, 0.25) is 0 Å². The molecule has 5 nitrogen and oxygen atoms in total. The van der Waals surface area contributed by atoms with Crippen molar-refractivity contribution in [2.24, 2.45) is 29.1 Å². The first-order valence-electron chi connectivity index (χ1n) is 14.3. The molecule has 36 heavy (non-hydrogen) atoms. The third kappa shape index (κ3) is 3.66. The minimum absolute atomic E-state index is 0.115. The molecule has 0 radical (unpaired) electrons. The van der Waals surface area contributed by atoms with E-state index in [0.29, 0.717) is 42.1 Å². The van der Waals surface area contributed by atoms with Crippen LogP contribution in [-0.2, 0) is 4.79 Å². The highest BCUT2D eigenvalue weighted by Gasteiger charge is 2.58. The van der Waals surface area contributed by atoms with Crippen molar-refractivity contribution in [3.05, 3.63) is 42.1 Å². The Balaban J connectivity index is 1.07. The van der Waals surface area contributed by atoms with Gasteiger partial charge in [0.25, 0.3) is 0 Å². The maximum atomic E-state index is 15.0. The molecule has 1 amide bonds. The lowest BCUT2D eigenvalue weighted by molar-refractivity contribution is -0.145. The zero-order chi connectivity index (χ0) is 24.4. The molecule has 0 saturated heterocycles. The van der Waals surface area contributed by atoms with Crippen molar-refractivity contribution in [3.8, 4) is 11.3 Å². The second kappa shape index (κ2) is 8.68. The summed E-state index contributed by atoms with van der Waals surface area (Å²) < 4.78 is 17.0. The van der Waals surface area contributed by atoms with Crippen LogP contribution in [0.15, 0.2) is 30.7 Å². The summed E-state index contributed by atoms with van der Waals surface area (Å²) in [6, 6.07) is 5.30. The number of hydrogen-bond donors (Lipinski definition) is 2. The van der Waals surface area contributed by atoms with E-state index in [1.165, 1.54) is 51.0 Å². The number of aromatic nitrogens is 2. The van der Waals surface area contributed by atoms with Gasteiger partial charge in [0.15, 0.2) is 0 Å². The number of amides is 1. The van der Waals surface area contributed by atoms with Gasteiger partial charge in [-0.15, -0.1) is 0 Å². The number of benzene rings is 1. The predicted octanol–water partition coefficient (Wildman–Crippen LogP) is 5.62. The fourth-order valence-electron chi connectivity index (χ4n) is 9.32. The highest BCUT2D eigenvalue weighted by Crippen LogP contribution is 2.62. The number of imidazole rings is 1. The van der Waals surface area contributed by atoms with Crippen molar-refractivity contribution in [1.29, 1.82) is 0 Å². The smallest absolute Gasteiger partial charge is 0.220 e. The lowest BCUT2D eigenvalue weighted by Gasteiger charge is -2.61. The minimum Gasteiger partial charge on any atom is -0.392 e. The van der Waals surface area contributed by atoms with E-state index in [4.69, 9.17) is 0 Å². The molecule has 5 fully saturated rings. The average molecular weight is 492 g/mol. The minimum atomic E-state index is -0.490. The van der Waals surface area contributed by atoms with Crippen molar-refractivity contribution in [3.63, 3.8) is 0 Å². The number of aliphatic hydroxyl groups excluding tert-OH is 1. The van der Waals surface area contributed by atoms with Gasteiger partial charge in [-0.3, -0.25) is 4.79 Å². The highest BCUT2D eigenvalue weighted by molar-refractivity contribution is 5.76. The van der Waals surface area contributed by atoms with E-state index in [-0.39, 0.29) is 29.2 Å². The van der Waals surface area contributed by atoms with Gasteiger partial charge in [-0.05, 0) is 86.5 Å². The third-order valence-electron chi connectivity index (χ3n) is 10.7. The van der Waals surface area contributed by atoms with Gasteiger partial charge >= 0.3 is 0 Å². The summed E-state index contributed by atoms with van der Waals surface area (Å²) in [7, 11) is 0. The maximum Gasteiger partial charge on any atom is 0.220 e. The molecule has 4 unspecified atom stereocenters. The predicted molar refractivity (Wildman–Crippen MR) is 135 cm³/mol. The summed E-state index contributed by atoms with van der Waals surface area (Å²) in [5.74, 6) is 2.17. The van der Waals surface area contributed by atoms with Gasteiger partial charge in [-0.25, -0.2) is 9.37 Å². The Morgan fingerprint density at radius 1 is 1.17 bits per heavy atom. The van der Waals surface area contributed by atoms with Crippen LogP contribution in [0.5, 0.6) is 0 Å². The topological polar surface area (TPSA) is 67.2 Å². The van der Waals surface area contributed by atoms with Gasteiger partial charge in [0.05, 0.1) is 30.4 Å². The first-order chi connectivity index (χ1) is 17.5. The molecule has 2 aromatic rings. The van der Waals surface area contributed by atoms with E-state index in [2.05, 4.69) is 10.3 Å². The van der Waals surface area contributed by atoms with E-state index < -0.39 is 6.10 Å². The molecule has 4 atom stereocenters. The SMILES string of the molecule is O=C(CC1CCCCC1)NC1C2CC3CC1CC(C(O)CC1c4c(F)cccc4-c4cncn41)(C3)C2. The molecule has 0 spiro atoms. The first kappa shape index (κ1) is 22.9. The summed E-state index contributed by atoms with van der Waals surface area (Å²) in [4.78, 5) is 17.3. The maximum absolute atomic E-state index is 15.0. The molecule has 1 aromatic heterocycles.